The lowest BCUT2D eigenvalue weighted by Crippen LogP contribution is -2.54. The average molecular weight is 438 g/mol. The molecule has 4 rings (SSSR count). The largest absolute Gasteiger partial charge is 0.497 e. The number of imide groups is 1. The van der Waals surface area contributed by atoms with Gasteiger partial charge >= 0.3 is 6.03 Å². The van der Waals surface area contributed by atoms with E-state index in [-0.39, 0.29) is 24.2 Å². The summed E-state index contributed by atoms with van der Waals surface area (Å²) in [7, 11) is 1.57. The first-order chi connectivity index (χ1) is 15.4. The molecule has 1 saturated carbocycles. The molecule has 1 aliphatic heterocycles. The summed E-state index contributed by atoms with van der Waals surface area (Å²) in [4.78, 5) is 43.5. The van der Waals surface area contributed by atoms with Crippen molar-refractivity contribution in [2.75, 3.05) is 19.0 Å². The molecule has 1 aromatic carbocycles. The summed E-state index contributed by atoms with van der Waals surface area (Å²) in [5.41, 5.74) is -0.562. The highest BCUT2D eigenvalue weighted by molar-refractivity contribution is 6.10. The fourth-order valence-electron chi connectivity index (χ4n) is 4.30. The van der Waals surface area contributed by atoms with E-state index in [1.807, 2.05) is 6.92 Å². The maximum atomic E-state index is 13.1. The third-order valence-electron chi connectivity index (χ3n) is 6.12. The lowest BCUT2D eigenvalue weighted by Gasteiger charge is -2.36. The second-order valence-electron chi connectivity index (χ2n) is 8.12. The van der Waals surface area contributed by atoms with Crippen molar-refractivity contribution in [1.82, 2.24) is 15.2 Å². The van der Waals surface area contributed by atoms with Crippen LogP contribution in [0.2, 0.25) is 0 Å². The molecule has 4 amide bonds. The second kappa shape index (κ2) is 8.86. The minimum absolute atomic E-state index is 0.0311. The number of nitrogens with one attached hydrogen (secondary N) is 2. The van der Waals surface area contributed by atoms with Crippen LogP contribution in [0.4, 0.5) is 10.5 Å². The van der Waals surface area contributed by atoms with E-state index in [9.17, 15) is 14.4 Å². The van der Waals surface area contributed by atoms with Crippen molar-refractivity contribution < 1.29 is 23.9 Å². The molecule has 0 bridgehead atoms. The molecule has 1 spiro atoms. The first-order valence-corrected chi connectivity index (χ1v) is 10.6. The maximum absolute atomic E-state index is 13.1. The molecule has 2 atom stereocenters. The van der Waals surface area contributed by atoms with Crippen molar-refractivity contribution in [2.24, 2.45) is 5.92 Å². The fourth-order valence-corrected chi connectivity index (χ4v) is 4.30. The van der Waals surface area contributed by atoms with E-state index < -0.39 is 17.5 Å². The zero-order valence-corrected chi connectivity index (χ0v) is 18.1. The SMILES string of the molecule is COc1ccc(Oc2ncccc2NC(=O)CN2C(=O)N[C@]3(CCCC[C@@H]3C)C2=O)cc1. The Hall–Kier alpha value is -3.62. The van der Waals surface area contributed by atoms with Gasteiger partial charge in [0.15, 0.2) is 0 Å². The van der Waals surface area contributed by atoms with Crippen LogP contribution in [0.15, 0.2) is 42.6 Å². The first-order valence-electron chi connectivity index (χ1n) is 10.6. The molecule has 2 heterocycles. The van der Waals surface area contributed by atoms with Crippen LogP contribution in [0.25, 0.3) is 0 Å². The molecule has 2 aliphatic rings. The molecule has 2 fully saturated rings. The zero-order valence-electron chi connectivity index (χ0n) is 18.1. The number of aromatic nitrogens is 1. The normalized spacial score (nSPS) is 22.6. The summed E-state index contributed by atoms with van der Waals surface area (Å²) in [5, 5.41) is 5.55. The summed E-state index contributed by atoms with van der Waals surface area (Å²) in [6, 6.07) is 9.70. The maximum Gasteiger partial charge on any atom is 0.325 e. The van der Waals surface area contributed by atoms with Crippen LogP contribution < -0.4 is 20.1 Å². The Morgan fingerprint density at radius 2 is 1.97 bits per heavy atom. The van der Waals surface area contributed by atoms with Crippen LogP contribution >= 0.6 is 0 Å². The Balaban J connectivity index is 1.44. The number of urea groups is 1. The number of hydrogen-bond acceptors (Lipinski definition) is 6. The predicted octanol–water partition coefficient (Wildman–Crippen LogP) is 3.32. The Morgan fingerprint density at radius 3 is 2.69 bits per heavy atom. The smallest absolute Gasteiger partial charge is 0.325 e. The van der Waals surface area contributed by atoms with Gasteiger partial charge in [-0.25, -0.2) is 9.78 Å². The number of carbonyl (C=O) groups is 3. The van der Waals surface area contributed by atoms with Gasteiger partial charge in [0.1, 0.15) is 29.3 Å². The van der Waals surface area contributed by atoms with Crippen molar-refractivity contribution in [3.05, 3.63) is 42.6 Å². The van der Waals surface area contributed by atoms with Gasteiger partial charge in [-0.05, 0) is 55.2 Å². The Labute approximate surface area is 186 Å². The molecule has 1 saturated heterocycles. The van der Waals surface area contributed by atoms with Crippen molar-refractivity contribution in [3.8, 4) is 17.4 Å². The van der Waals surface area contributed by atoms with Crippen LogP contribution in [0, 0.1) is 5.92 Å². The number of pyridine rings is 1. The van der Waals surface area contributed by atoms with Gasteiger partial charge in [0, 0.05) is 6.20 Å². The standard InChI is InChI=1S/C23H26N4O5/c1-15-6-3-4-12-23(15)21(29)27(22(30)26-23)14-19(28)25-18-7-5-13-24-20(18)32-17-10-8-16(31-2)9-11-17/h5,7-11,13,15H,3-4,6,12,14H2,1-2H3,(H,25,28)(H,26,30)/t15-,23-/m0/s1. The van der Waals surface area contributed by atoms with Gasteiger partial charge < -0.3 is 20.1 Å². The molecule has 0 unspecified atom stereocenters. The number of nitrogens with zero attached hydrogens (tertiary/aromatic N) is 2. The minimum Gasteiger partial charge on any atom is -0.497 e. The minimum atomic E-state index is -0.896. The van der Waals surface area contributed by atoms with Crippen LogP contribution in [-0.4, -0.2) is 46.9 Å². The number of benzene rings is 1. The highest BCUT2D eigenvalue weighted by atomic mass is 16.5. The summed E-state index contributed by atoms with van der Waals surface area (Å²) in [6.07, 6.45) is 4.91. The van der Waals surface area contributed by atoms with E-state index in [1.165, 1.54) is 0 Å². The van der Waals surface area contributed by atoms with Crippen LogP contribution in [0.5, 0.6) is 17.4 Å². The van der Waals surface area contributed by atoms with Gasteiger partial charge in [0.2, 0.25) is 11.8 Å². The Bertz CT molecular complexity index is 1030. The molecular formula is C23H26N4O5. The Kier molecular flexibility index (Phi) is 5.98. The third-order valence-corrected chi connectivity index (χ3v) is 6.12. The first kappa shape index (κ1) is 21.6. The molecule has 9 nitrogen and oxygen atoms in total. The van der Waals surface area contributed by atoms with Crippen molar-refractivity contribution in [3.63, 3.8) is 0 Å². The molecule has 9 heteroatoms. The number of amides is 4. The van der Waals surface area contributed by atoms with Crippen molar-refractivity contribution in [2.45, 2.75) is 38.1 Å². The highest BCUT2D eigenvalue weighted by Crippen LogP contribution is 2.38. The summed E-state index contributed by atoms with van der Waals surface area (Å²) >= 11 is 0. The number of carbonyl (C=O) groups excluding carboxylic acids is 3. The van der Waals surface area contributed by atoms with Gasteiger partial charge in [0.05, 0.1) is 7.11 Å². The molecule has 0 radical (unpaired) electrons. The average Bonchev–Trinajstić information content (AvgIpc) is 3.02. The van der Waals surface area contributed by atoms with E-state index in [4.69, 9.17) is 9.47 Å². The van der Waals surface area contributed by atoms with Crippen LogP contribution in [0.3, 0.4) is 0 Å². The van der Waals surface area contributed by atoms with E-state index in [0.29, 0.717) is 23.6 Å². The molecule has 1 aliphatic carbocycles. The van der Waals surface area contributed by atoms with E-state index in [0.717, 1.165) is 24.2 Å². The lowest BCUT2D eigenvalue weighted by molar-refractivity contribution is -0.136. The molecule has 168 valence electrons. The van der Waals surface area contributed by atoms with Crippen molar-refractivity contribution in [1.29, 1.82) is 0 Å². The fraction of sp³-hybridized carbons (Fsp3) is 0.391. The summed E-state index contributed by atoms with van der Waals surface area (Å²) < 4.78 is 10.9. The molecule has 32 heavy (non-hydrogen) atoms. The van der Waals surface area contributed by atoms with Gasteiger partial charge in [-0.2, -0.15) is 0 Å². The molecule has 2 aromatic rings. The molecule has 1 aromatic heterocycles. The van der Waals surface area contributed by atoms with Crippen LogP contribution in [0.1, 0.15) is 32.6 Å². The van der Waals surface area contributed by atoms with E-state index in [2.05, 4.69) is 15.6 Å². The Morgan fingerprint density at radius 1 is 1.22 bits per heavy atom. The second-order valence-corrected chi connectivity index (χ2v) is 8.12. The molecular weight excluding hydrogens is 412 g/mol. The summed E-state index contributed by atoms with van der Waals surface area (Å²) in [5.74, 6) is 0.587. The number of rotatable bonds is 6. The van der Waals surface area contributed by atoms with E-state index in [1.54, 1.807) is 49.7 Å². The topological polar surface area (TPSA) is 110 Å². The number of ether oxygens (including phenoxy) is 2. The number of hydrogen-bond donors (Lipinski definition) is 2. The van der Waals surface area contributed by atoms with Gasteiger partial charge in [0.25, 0.3) is 5.91 Å². The summed E-state index contributed by atoms with van der Waals surface area (Å²) in [6.45, 7) is 1.59. The zero-order chi connectivity index (χ0) is 22.7. The third kappa shape index (κ3) is 4.10. The van der Waals surface area contributed by atoms with Gasteiger partial charge in [-0.3, -0.25) is 14.5 Å². The lowest BCUT2D eigenvalue weighted by atomic mass is 9.73. The molecule has 2 N–H and O–H groups in total. The van der Waals surface area contributed by atoms with E-state index >= 15 is 0 Å². The quantitative estimate of drug-likeness (QED) is 0.670. The number of anilines is 1. The van der Waals surface area contributed by atoms with Crippen molar-refractivity contribution >= 4 is 23.5 Å². The van der Waals surface area contributed by atoms with Crippen LogP contribution in [-0.2, 0) is 9.59 Å². The van der Waals surface area contributed by atoms with Gasteiger partial charge in [-0.15, -0.1) is 0 Å². The number of methoxy groups -OCH3 is 1. The monoisotopic (exact) mass is 438 g/mol. The predicted molar refractivity (Wildman–Crippen MR) is 117 cm³/mol. The van der Waals surface area contributed by atoms with Gasteiger partial charge in [-0.1, -0.05) is 19.8 Å². The highest BCUT2D eigenvalue weighted by Gasteiger charge is 2.55.